The van der Waals surface area contributed by atoms with Crippen LogP contribution in [0.15, 0.2) is 0 Å². The van der Waals surface area contributed by atoms with Crippen LogP contribution in [0.3, 0.4) is 0 Å². The van der Waals surface area contributed by atoms with Crippen LogP contribution in [0, 0.1) is 5.92 Å². The Balaban J connectivity index is 3.76. The van der Waals surface area contributed by atoms with Gasteiger partial charge in [0.15, 0.2) is 0 Å². The molecule has 0 heterocycles. The number of amides is 1. The SMILES string of the molecule is CCCCCCCCCCCCC(CCCCCCCCCC)C(=O)N(C)C. The molecule has 168 valence electrons. The highest BCUT2D eigenvalue weighted by Gasteiger charge is 2.19. The van der Waals surface area contributed by atoms with Gasteiger partial charge in [0, 0.05) is 20.0 Å². The van der Waals surface area contributed by atoms with Gasteiger partial charge in [0.25, 0.3) is 0 Å². The van der Waals surface area contributed by atoms with E-state index in [2.05, 4.69) is 13.8 Å². The molecule has 0 aliphatic carbocycles. The van der Waals surface area contributed by atoms with Crippen LogP contribution < -0.4 is 0 Å². The Morgan fingerprint density at radius 3 is 1.11 bits per heavy atom. The third-order valence-corrected chi connectivity index (χ3v) is 6.10. The van der Waals surface area contributed by atoms with Crippen LogP contribution in [-0.4, -0.2) is 24.9 Å². The van der Waals surface area contributed by atoms with Gasteiger partial charge in [-0.05, 0) is 12.8 Å². The lowest BCUT2D eigenvalue weighted by Crippen LogP contribution is -2.29. The first-order valence-electron chi connectivity index (χ1n) is 12.8. The molecule has 0 aliphatic rings. The highest BCUT2D eigenvalue weighted by Crippen LogP contribution is 2.21. The van der Waals surface area contributed by atoms with Crippen molar-refractivity contribution in [3.8, 4) is 0 Å². The number of hydrogen-bond donors (Lipinski definition) is 0. The molecule has 0 aromatic rings. The lowest BCUT2D eigenvalue weighted by Gasteiger charge is -2.20. The molecular weight excluding hydrogens is 342 g/mol. The zero-order chi connectivity index (χ0) is 20.9. The minimum atomic E-state index is 0.268. The molecule has 0 rings (SSSR count). The van der Waals surface area contributed by atoms with Gasteiger partial charge >= 0.3 is 0 Å². The van der Waals surface area contributed by atoms with E-state index < -0.39 is 0 Å². The van der Waals surface area contributed by atoms with E-state index in [9.17, 15) is 4.79 Å². The summed E-state index contributed by atoms with van der Waals surface area (Å²) in [5, 5.41) is 0. The van der Waals surface area contributed by atoms with Crippen LogP contribution in [0.5, 0.6) is 0 Å². The standard InChI is InChI=1S/C26H53NO/c1-5-7-9-11-13-15-16-18-20-22-24-25(26(28)27(3)4)23-21-19-17-14-12-10-8-6-2/h25H,5-24H2,1-4H3. The Kier molecular flexibility index (Phi) is 20.8. The fourth-order valence-corrected chi connectivity index (χ4v) is 4.16. The van der Waals surface area contributed by atoms with Gasteiger partial charge in [-0.2, -0.15) is 0 Å². The molecule has 0 saturated carbocycles. The van der Waals surface area contributed by atoms with Crippen molar-refractivity contribution in [2.45, 2.75) is 142 Å². The van der Waals surface area contributed by atoms with Crippen LogP contribution in [0.25, 0.3) is 0 Å². The third-order valence-electron chi connectivity index (χ3n) is 6.10. The summed E-state index contributed by atoms with van der Waals surface area (Å²) in [6.07, 6.45) is 26.7. The molecule has 0 radical (unpaired) electrons. The van der Waals surface area contributed by atoms with E-state index in [1.807, 2.05) is 19.0 Å². The van der Waals surface area contributed by atoms with E-state index in [1.165, 1.54) is 116 Å². The van der Waals surface area contributed by atoms with Gasteiger partial charge in [0.05, 0.1) is 0 Å². The number of unbranched alkanes of at least 4 members (excludes halogenated alkanes) is 16. The first kappa shape index (κ1) is 27.5. The highest BCUT2D eigenvalue weighted by molar-refractivity contribution is 5.78. The van der Waals surface area contributed by atoms with Crippen LogP contribution >= 0.6 is 0 Å². The quantitative estimate of drug-likeness (QED) is 0.178. The molecule has 1 unspecified atom stereocenters. The number of nitrogens with zero attached hydrogens (tertiary/aromatic N) is 1. The van der Waals surface area contributed by atoms with Gasteiger partial charge in [-0.15, -0.1) is 0 Å². The second-order valence-electron chi connectivity index (χ2n) is 9.16. The summed E-state index contributed by atoms with van der Waals surface area (Å²) >= 11 is 0. The predicted molar refractivity (Wildman–Crippen MR) is 126 cm³/mol. The number of hydrogen-bond acceptors (Lipinski definition) is 1. The van der Waals surface area contributed by atoms with Gasteiger partial charge < -0.3 is 4.90 Å². The largest absolute Gasteiger partial charge is 0.349 e. The average Bonchev–Trinajstić information content (AvgIpc) is 2.69. The normalized spacial score (nSPS) is 12.3. The van der Waals surface area contributed by atoms with Crippen LogP contribution in [0.2, 0.25) is 0 Å². The smallest absolute Gasteiger partial charge is 0.225 e. The van der Waals surface area contributed by atoms with Gasteiger partial charge in [-0.1, -0.05) is 129 Å². The second kappa shape index (κ2) is 21.2. The Hall–Kier alpha value is -0.530. The third kappa shape index (κ3) is 17.6. The zero-order valence-corrected chi connectivity index (χ0v) is 20.1. The first-order chi connectivity index (χ1) is 13.6. The lowest BCUT2D eigenvalue weighted by molar-refractivity contribution is -0.133. The monoisotopic (exact) mass is 395 g/mol. The van der Waals surface area contributed by atoms with E-state index in [-0.39, 0.29) is 5.92 Å². The molecule has 2 nitrogen and oxygen atoms in total. The van der Waals surface area contributed by atoms with Gasteiger partial charge in [0.1, 0.15) is 0 Å². The maximum atomic E-state index is 12.5. The lowest BCUT2D eigenvalue weighted by atomic mass is 9.93. The topological polar surface area (TPSA) is 20.3 Å². The number of rotatable bonds is 21. The van der Waals surface area contributed by atoms with Crippen molar-refractivity contribution in [1.29, 1.82) is 0 Å². The van der Waals surface area contributed by atoms with Crippen molar-refractivity contribution in [1.82, 2.24) is 4.90 Å². The maximum absolute atomic E-state index is 12.5. The minimum Gasteiger partial charge on any atom is -0.349 e. The molecular formula is C26H53NO. The molecule has 1 amide bonds. The zero-order valence-electron chi connectivity index (χ0n) is 20.1. The van der Waals surface area contributed by atoms with Gasteiger partial charge in [-0.3, -0.25) is 4.79 Å². The van der Waals surface area contributed by atoms with Crippen molar-refractivity contribution in [2.75, 3.05) is 14.1 Å². The van der Waals surface area contributed by atoms with Crippen molar-refractivity contribution < 1.29 is 4.79 Å². The predicted octanol–water partition coefficient (Wildman–Crippen LogP) is 8.53. The molecule has 0 fully saturated rings. The van der Waals surface area contributed by atoms with Crippen LogP contribution in [-0.2, 0) is 4.79 Å². The Morgan fingerprint density at radius 1 is 0.536 bits per heavy atom. The number of carbonyl (C=O) groups is 1. The molecule has 0 aromatic heterocycles. The molecule has 1 atom stereocenters. The first-order valence-corrected chi connectivity index (χ1v) is 12.8. The van der Waals surface area contributed by atoms with Crippen molar-refractivity contribution in [3.05, 3.63) is 0 Å². The summed E-state index contributed by atoms with van der Waals surface area (Å²) in [4.78, 5) is 14.3. The van der Waals surface area contributed by atoms with E-state index in [1.54, 1.807) is 0 Å². The average molecular weight is 396 g/mol. The molecule has 0 aromatic carbocycles. The Labute approximate surface area is 178 Å². The van der Waals surface area contributed by atoms with E-state index in [0.717, 1.165) is 12.8 Å². The fraction of sp³-hybridized carbons (Fsp3) is 0.962. The van der Waals surface area contributed by atoms with E-state index in [4.69, 9.17) is 0 Å². The van der Waals surface area contributed by atoms with Crippen molar-refractivity contribution in [3.63, 3.8) is 0 Å². The summed E-state index contributed by atoms with van der Waals surface area (Å²) in [6, 6.07) is 0. The summed E-state index contributed by atoms with van der Waals surface area (Å²) in [5.41, 5.74) is 0. The molecule has 2 heteroatoms. The number of carbonyl (C=O) groups excluding carboxylic acids is 1. The molecule has 28 heavy (non-hydrogen) atoms. The van der Waals surface area contributed by atoms with Crippen LogP contribution in [0.1, 0.15) is 142 Å². The molecule has 0 N–H and O–H groups in total. The maximum Gasteiger partial charge on any atom is 0.225 e. The summed E-state index contributed by atoms with van der Waals surface area (Å²) < 4.78 is 0. The van der Waals surface area contributed by atoms with Crippen LogP contribution in [0.4, 0.5) is 0 Å². The van der Waals surface area contributed by atoms with E-state index >= 15 is 0 Å². The molecule has 0 spiro atoms. The van der Waals surface area contributed by atoms with E-state index in [0.29, 0.717) is 5.91 Å². The Bertz CT molecular complexity index is 326. The summed E-state index contributed by atoms with van der Waals surface area (Å²) in [7, 11) is 3.84. The van der Waals surface area contributed by atoms with Crippen molar-refractivity contribution >= 4 is 5.91 Å². The van der Waals surface area contributed by atoms with Gasteiger partial charge in [0.2, 0.25) is 5.91 Å². The summed E-state index contributed by atoms with van der Waals surface area (Å²) in [5.74, 6) is 0.628. The highest BCUT2D eigenvalue weighted by atomic mass is 16.2. The Morgan fingerprint density at radius 2 is 0.821 bits per heavy atom. The molecule has 0 bridgehead atoms. The minimum absolute atomic E-state index is 0.268. The summed E-state index contributed by atoms with van der Waals surface area (Å²) in [6.45, 7) is 4.56. The second-order valence-corrected chi connectivity index (χ2v) is 9.16. The van der Waals surface area contributed by atoms with Crippen molar-refractivity contribution in [2.24, 2.45) is 5.92 Å². The fourth-order valence-electron chi connectivity index (χ4n) is 4.16. The molecule has 0 aliphatic heterocycles. The molecule has 0 saturated heterocycles. The van der Waals surface area contributed by atoms with Gasteiger partial charge in [-0.25, -0.2) is 0 Å².